The summed E-state index contributed by atoms with van der Waals surface area (Å²) in [5.41, 5.74) is 1.73. The van der Waals surface area contributed by atoms with Gasteiger partial charge in [0.2, 0.25) is 0 Å². The van der Waals surface area contributed by atoms with Crippen molar-refractivity contribution in [3.8, 4) is 0 Å². The second-order valence-corrected chi connectivity index (χ2v) is 6.52. The van der Waals surface area contributed by atoms with Crippen LogP contribution in [0, 0.1) is 5.82 Å². The molecule has 0 amide bonds. The van der Waals surface area contributed by atoms with Gasteiger partial charge in [0.1, 0.15) is 5.82 Å². The van der Waals surface area contributed by atoms with Crippen LogP contribution in [0.5, 0.6) is 0 Å². The van der Waals surface area contributed by atoms with Crippen molar-refractivity contribution in [2.75, 3.05) is 6.54 Å². The SMILES string of the molecule is CCNC(=NCc1ccc(Br)c(F)c1)NCc1cc(C(C)C)no1. The van der Waals surface area contributed by atoms with Crippen LogP contribution in [0.4, 0.5) is 4.39 Å². The maximum absolute atomic E-state index is 13.5. The fourth-order valence-electron chi connectivity index (χ4n) is 2.01. The molecule has 1 aromatic carbocycles. The zero-order valence-corrected chi connectivity index (χ0v) is 15.7. The number of aromatic nitrogens is 1. The van der Waals surface area contributed by atoms with Crippen LogP contribution in [-0.2, 0) is 13.1 Å². The second-order valence-electron chi connectivity index (χ2n) is 5.67. The number of nitrogens with zero attached hydrogens (tertiary/aromatic N) is 2. The van der Waals surface area contributed by atoms with E-state index in [0.29, 0.717) is 29.4 Å². The maximum Gasteiger partial charge on any atom is 0.191 e. The summed E-state index contributed by atoms with van der Waals surface area (Å²) in [7, 11) is 0. The number of guanidine groups is 1. The molecule has 2 aromatic rings. The molecular formula is C17H22BrFN4O. The molecular weight excluding hydrogens is 375 g/mol. The van der Waals surface area contributed by atoms with Crippen molar-refractivity contribution in [1.29, 1.82) is 0 Å². The van der Waals surface area contributed by atoms with Gasteiger partial charge in [-0.05, 0) is 46.5 Å². The highest BCUT2D eigenvalue weighted by Crippen LogP contribution is 2.17. The van der Waals surface area contributed by atoms with E-state index in [-0.39, 0.29) is 5.82 Å². The summed E-state index contributed by atoms with van der Waals surface area (Å²) in [5.74, 6) is 1.43. The number of halogens is 2. The molecule has 0 aliphatic heterocycles. The van der Waals surface area contributed by atoms with Crippen LogP contribution < -0.4 is 10.6 Å². The lowest BCUT2D eigenvalue weighted by Crippen LogP contribution is -2.36. The Hall–Kier alpha value is -1.89. The van der Waals surface area contributed by atoms with E-state index in [0.717, 1.165) is 23.6 Å². The van der Waals surface area contributed by atoms with E-state index in [1.807, 2.05) is 19.1 Å². The minimum atomic E-state index is -0.288. The van der Waals surface area contributed by atoms with Gasteiger partial charge in [-0.2, -0.15) is 0 Å². The van der Waals surface area contributed by atoms with Gasteiger partial charge in [-0.3, -0.25) is 0 Å². The molecule has 0 spiro atoms. The Balaban J connectivity index is 1.98. The van der Waals surface area contributed by atoms with E-state index in [9.17, 15) is 4.39 Å². The third-order valence-electron chi connectivity index (χ3n) is 3.35. The summed E-state index contributed by atoms with van der Waals surface area (Å²) in [6, 6.07) is 6.93. The number of benzene rings is 1. The smallest absolute Gasteiger partial charge is 0.191 e. The molecule has 24 heavy (non-hydrogen) atoms. The molecule has 0 fully saturated rings. The Labute approximate surface area is 149 Å². The van der Waals surface area contributed by atoms with Crippen LogP contribution in [0.3, 0.4) is 0 Å². The van der Waals surface area contributed by atoms with Crippen molar-refractivity contribution in [2.24, 2.45) is 4.99 Å². The summed E-state index contributed by atoms with van der Waals surface area (Å²) in [6.07, 6.45) is 0. The predicted molar refractivity (Wildman–Crippen MR) is 96.3 cm³/mol. The lowest BCUT2D eigenvalue weighted by molar-refractivity contribution is 0.372. The first kappa shape index (κ1) is 18.4. The Morgan fingerprint density at radius 3 is 2.75 bits per heavy atom. The molecule has 0 saturated heterocycles. The number of hydrogen-bond acceptors (Lipinski definition) is 3. The molecule has 2 N–H and O–H groups in total. The molecule has 0 bridgehead atoms. The first-order chi connectivity index (χ1) is 11.5. The highest BCUT2D eigenvalue weighted by molar-refractivity contribution is 9.10. The number of hydrogen-bond donors (Lipinski definition) is 2. The Bertz CT molecular complexity index is 700. The van der Waals surface area contributed by atoms with E-state index >= 15 is 0 Å². The van der Waals surface area contributed by atoms with Crippen molar-refractivity contribution in [2.45, 2.75) is 39.8 Å². The quantitative estimate of drug-likeness (QED) is 0.572. The fourth-order valence-corrected chi connectivity index (χ4v) is 2.25. The summed E-state index contributed by atoms with van der Waals surface area (Å²) < 4.78 is 19.3. The van der Waals surface area contributed by atoms with E-state index in [4.69, 9.17) is 4.52 Å². The van der Waals surface area contributed by atoms with E-state index < -0.39 is 0 Å². The average molecular weight is 397 g/mol. The van der Waals surface area contributed by atoms with Crippen LogP contribution in [0.15, 0.2) is 38.3 Å². The predicted octanol–water partition coefficient (Wildman–Crippen LogP) is 3.95. The topological polar surface area (TPSA) is 62.5 Å². The number of aliphatic imine (C=N–C) groups is 1. The van der Waals surface area contributed by atoms with Gasteiger partial charge in [-0.15, -0.1) is 0 Å². The van der Waals surface area contributed by atoms with Crippen molar-refractivity contribution in [3.05, 3.63) is 51.6 Å². The summed E-state index contributed by atoms with van der Waals surface area (Å²) in [5, 5.41) is 10.4. The Morgan fingerprint density at radius 2 is 2.12 bits per heavy atom. The Morgan fingerprint density at radius 1 is 1.33 bits per heavy atom. The van der Waals surface area contributed by atoms with Gasteiger partial charge in [0, 0.05) is 12.6 Å². The molecule has 0 atom stereocenters. The van der Waals surface area contributed by atoms with Gasteiger partial charge in [0.05, 0.1) is 23.3 Å². The van der Waals surface area contributed by atoms with E-state index in [1.54, 1.807) is 6.07 Å². The largest absolute Gasteiger partial charge is 0.359 e. The minimum Gasteiger partial charge on any atom is -0.359 e. The Kier molecular flexibility index (Phi) is 6.78. The van der Waals surface area contributed by atoms with Gasteiger partial charge < -0.3 is 15.2 Å². The second kappa shape index (κ2) is 8.82. The van der Waals surface area contributed by atoms with Gasteiger partial charge in [0.25, 0.3) is 0 Å². The molecule has 1 heterocycles. The molecule has 0 saturated carbocycles. The van der Waals surface area contributed by atoms with Crippen LogP contribution in [-0.4, -0.2) is 17.7 Å². The van der Waals surface area contributed by atoms with Gasteiger partial charge in [-0.1, -0.05) is 25.1 Å². The van der Waals surface area contributed by atoms with Crippen LogP contribution in [0.1, 0.15) is 43.7 Å². The number of nitrogens with one attached hydrogen (secondary N) is 2. The first-order valence-electron chi connectivity index (χ1n) is 7.91. The third-order valence-corrected chi connectivity index (χ3v) is 3.99. The molecule has 0 unspecified atom stereocenters. The van der Waals surface area contributed by atoms with Crippen molar-refractivity contribution in [1.82, 2.24) is 15.8 Å². The van der Waals surface area contributed by atoms with Gasteiger partial charge in [-0.25, -0.2) is 9.38 Å². The lowest BCUT2D eigenvalue weighted by Gasteiger charge is -2.10. The van der Waals surface area contributed by atoms with Crippen molar-refractivity contribution < 1.29 is 8.91 Å². The van der Waals surface area contributed by atoms with Crippen LogP contribution >= 0.6 is 15.9 Å². The summed E-state index contributed by atoms with van der Waals surface area (Å²) in [6.45, 7) is 7.72. The number of rotatable bonds is 6. The average Bonchev–Trinajstić information content (AvgIpc) is 3.02. The zero-order valence-electron chi connectivity index (χ0n) is 14.1. The molecule has 0 aliphatic rings. The standard InChI is InChI=1S/C17H22BrFN4O/c1-4-20-17(21-9-12-5-6-14(18)15(19)7-12)22-10-13-8-16(11(2)3)23-24-13/h5-8,11H,4,9-10H2,1-3H3,(H2,20,21,22). The minimum absolute atomic E-state index is 0.288. The van der Waals surface area contributed by atoms with Crippen LogP contribution in [0.2, 0.25) is 0 Å². The van der Waals surface area contributed by atoms with Crippen LogP contribution in [0.25, 0.3) is 0 Å². The normalized spacial score (nSPS) is 11.8. The monoisotopic (exact) mass is 396 g/mol. The highest BCUT2D eigenvalue weighted by Gasteiger charge is 2.08. The highest BCUT2D eigenvalue weighted by atomic mass is 79.9. The van der Waals surface area contributed by atoms with E-state index in [2.05, 4.69) is 50.6 Å². The van der Waals surface area contributed by atoms with E-state index in [1.165, 1.54) is 6.07 Å². The molecule has 1 aromatic heterocycles. The first-order valence-corrected chi connectivity index (χ1v) is 8.70. The molecule has 130 valence electrons. The maximum atomic E-state index is 13.5. The van der Waals surface area contributed by atoms with Crippen molar-refractivity contribution >= 4 is 21.9 Å². The molecule has 0 radical (unpaired) electrons. The fraction of sp³-hybridized carbons (Fsp3) is 0.412. The summed E-state index contributed by atoms with van der Waals surface area (Å²) >= 11 is 3.15. The molecule has 2 rings (SSSR count). The molecule has 0 aliphatic carbocycles. The lowest BCUT2D eigenvalue weighted by atomic mass is 10.1. The summed E-state index contributed by atoms with van der Waals surface area (Å²) in [4.78, 5) is 4.46. The van der Waals surface area contributed by atoms with Gasteiger partial charge >= 0.3 is 0 Å². The molecule has 5 nitrogen and oxygen atoms in total. The third kappa shape index (κ3) is 5.33. The van der Waals surface area contributed by atoms with Crippen molar-refractivity contribution in [3.63, 3.8) is 0 Å². The zero-order chi connectivity index (χ0) is 17.5. The van der Waals surface area contributed by atoms with Gasteiger partial charge in [0.15, 0.2) is 11.7 Å². The molecule has 7 heteroatoms.